The number of aryl methyl sites for hydroxylation is 2. The molecular formula is C21H24N6O2. The zero-order valence-corrected chi connectivity index (χ0v) is 16.2. The van der Waals surface area contributed by atoms with Crippen LogP contribution in [0.3, 0.4) is 0 Å². The Morgan fingerprint density at radius 3 is 2.76 bits per heavy atom. The third-order valence-electron chi connectivity index (χ3n) is 5.72. The summed E-state index contributed by atoms with van der Waals surface area (Å²) >= 11 is 0. The van der Waals surface area contributed by atoms with E-state index in [1.54, 1.807) is 12.4 Å². The second-order valence-corrected chi connectivity index (χ2v) is 7.81. The first-order chi connectivity index (χ1) is 14.3. The van der Waals surface area contributed by atoms with E-state index in [2.05, 4.69) is 29.6 Å². The Kier molecular flexibility index (Phi) is 4.85. The summed E-state index contributed by atoms with van der Waals surface area (Å²) < 4.78 is 7.85. The molecule has 8 nitrogen and oxygen atoms in total. The van der Waals surface area contributed by atoms with Crippen molar-refractivity contribution in [3.8, 4) is 5.75 Å². The highest BCUT2D eigenvalue weighted by atomic mass is 16.5. The highest BCUT2D eigenvalue weighted by molar-refractivity contribution is 5.46. The maximum Gasteiger partial charge on any atom is 0.227 e. The van der Waals surface area contributed by atoms with Gasteiger partial charge in [-0.1, -0.05) is 6.07 Å². The molecule has 4 heterocycles. The zero-order valence-electron chi connectivity index (χ0n) is 16.2. The minimum atomic E-state index is 0.306. The molecule has 150 valence electrons. The summed E-state index contributed by atoms with van der Waals surface area (Å²) in [5, 5.41) is 18.9. The topological polar surface area (TPSA) is 89.2 Å². The molecule has 0 saturated carbocycles. The molecule has 0 amide bonds. The fraction of sp³-hybridized carbons (Fsp3) is 0.429. The molecule has 0 aliphatic carbocycles. The van der Waals surface area contributed by atoms with Gasteiger partial charge in [0.15, 0.2) is 0 Å². The van der Waals surface area contributed by atoms with Crippen molar-refractivity contribution < 1.29 is 9.84 Å². The first-order valence-corrected chi connectivity index (χ1v) is 10.1. The number of phenolic OH excluding ortho intramolecular Hbond substituents is 1. The van der Waals surface area contributed by atoms with Gasteiger partial charge in [0.05, 0.1) is 6.61 Å². The first kappa shape index (κ1) is 18.1. The van der Waals surface area contributed by atoms with E-state index in [1.807, 2.05) is 24.5 Å². The second kappa shape index (κ2) is 7.79. The maximum atomic E-state index is 9.80. The number of ether oxygens (including phenoxy) is 1. The summed E-state index contributed by atoms with van der Waals surface area (Å²) in [6, 6.07) is 5.58. The molecule has 0 spiro atoms. The predicted octanol–water partition coefficient (Wildman–Crippen LogP) is 2.12. The number of anilines is 1. The first-order valence-electron chi connectivity index (χ1n) is 10.1. The lowest BCUT2D eigenvalue weighted by Gasteiger charge is -2.20. The summed E-state index contributed by atoms with van der Waals surface area (Å²) in [5.41, 5.74) is 3.47. The molecule has 8 heteroatoms. The normalized spacial score (nSPS) is 18.3. The molecule has 2 aromatic heterocycles. The third kappa shape index (κ3) is 3.80. The molecule has 3 aromatic rings. The maximum absolute atomic E-state index is 9.80. The highest BCUT2D eigenvalue weighted by Gasteiger charge is 2.27. The van der Waals surface area contributed by atoms with Gasteiger partial charge in [-0.15, -0.1) is 10.2 Å². The van der Waals surface area contributed by atoms with E-state index in [0.717, 1.165) is 75.0 Å². The van der Waals surface area contributed by atoms with Gasteiger partial charge in [-0.3, -0.25) is 4.57 Å². The average molecular weight is 392 g/mol. The Balaban J connectivity index is 1.40. The minimum Gasteiger partial charge on any atom is -0.508 e. The quantitative estimate of drug-likeness (QED) is 0.687. The molecule has 1 fully saturated rings. The molecule has 0 bridgehead atoms. The van der Waals surface area contributed by atoms with Crippen molar-refractivity contribution in [2.75, 3.05) is 18.1 Å². The SMILES string of the molecule is Oc1ccc2c(c1)CN(c1nnc(CCc3cncnc3)n1CC1CCOC1)C2. The van der Waals surface area contributed by atoms with Gasteiger partial charge >= 0.3 is 0 Å². The van der Waals surface area contributed by atoms with E-state index in [0.29, 0.717) is 11.7 Å². The minimum absolute atomic E-state index is 0.306. The van der Waals surface area contributed by atoms with E-state index in [1.165, 1.54) is 5.56 Å². The van der Waals surface area contributed by atoms with Gasteiger partial charge in [-0.05, 0) is 41.7 Å². The van der Waals surface area contributed by atoms with Crippen LogP contribution in [0.5, 0.6) is 5.75 Å². The summed E-state index contributed by atoms with van der Waals surface area (Å²) in [5.74, 6) is 2.67. The molecule has 1 atom stereocenters. The molecule has 1 saturated heterocycles. The third-order valence-corrected chi connectivity index (χ3v) is 5.72. The number of fused-ring (bicyclic) bond motifs is 1. The Morgan fingerprint density at radius 2 is 1.93 bits per heavy atom. The van der Waals surface area contributed by atoms with Crippen molar-refractivity contribution in [1.29, 1.82) is 0 Å². The van der Waals surface area contributed by atoms with Crippen molar-refractivity contribution in [3.63, 3.8) is 0 Å². The lowest BCUT2D eigenvalue weighted by molar-refractivity contribution is 0.182. The van der Waals surface area contributed by atoms with Crippen LogP contribution in [0, 0.1) is 5.92 Å². The summed E-state index contributed by atoms with van der Waals surface area (Å²) in [7, 11) is 0. The van der Waals surface area contributed by atoms with Crippen LogP contribution in [-0.4, -0.2) is 43.1 Å². The average Bonchev–Trinajstić information content (AvgIpc) is 3.47. The summed E-state index contributed by atoms with van der Waals surface area (Å²) in [6.07, 6.45) is 7.93. The lowest BCUT2D eigenvalue weighted by Crippen LogP contribution is -2.23. The summed E-state index contributed by atoms with van der Waals surface area (Å²) in [4.78, 5) is 10.4. The van der Waals surface area contributed by atoms with Gasteiger partial charge in [0.2, 0.25) is 5.95 Å². The molecule has 1 N–H and O–H groups in total. The van der Waals surface area contributed by atoms with Crippen LogP contribution in [0.2, 0.25) is 0 Å². The van der Waals surface area contributed by atoms with Crippen LogP contribution in [0.15, 0.2) is 36.9 Å². The van der Waals surface area contributed by atoms with Gasteiger partial charge in [0, 0.05) is 51.0 Å². The van der Waals surface area contributed by atoms with Crippen LogP contribution < -0.4 is 4.90 Å². The lowest BCUT2D eigenvalue weighted by atomic mass is 10.1. The van der Waals surface area contributed by atoms with Crippen LogP contribution in [-0.2, 0) is 37.2 Å². The Bertz CT molecular complexity index is 984. The molecule has 2 aliphatic heterocycles. The van der Waals surface area contributed by atoms with Crippen molar-refractivity contribution in [1.82, 2.24) is 24.7 Å². The summed E-state index contributed by atoms with van der Waals surface area (Å²) in [6.45, 7) is 3.99. The Morgan fingerprint density at radius 1 is 1.07 bits per heavy atom. The van der Waals surface area contributed by atoms with Crippen molar-refractivity contribution in [2.45, 2.75) is 38.9 Å². The molecule has 29 heavy (non-hydrogen) atoms. The van der Waals surface area contributed by atoms with E-state index in [4.69, 9.17) is 4.74 Å². The number of benzene rings is 1. The van der Waals surface area contributed by atoms with E-state index >= 15 is 0 Å². The monoisotopic (exact) mass is 392 g/mol. The number of phenols is 1. The zero-order chi connectivity index (χ0) is 19.6. The number of rotatable bonds is 6. The Hall–Kier alpha value is -3.00. The molecular weight excluding hydrogens is 368 g/mol. The van der Waals surface area contributed by atoms with Crippen LogP contribution in [0.1, 0.15) is 28.9 Å². The van der Waals surface area contributed by atoms with Crippen molar-refractivity contribution in [2.24, 2.45) is 5.92 Å². The number of aromatic hydroxyl groups is 1. The molecule has 0 radical (unpaired) electrons. The van der Waals surface area contributed by atoms with Crippen LogP contribution >= 0.6 is 0 Å². The standard InChI is InChI=1S/C21H24N6O2/c28-19-3-2-17-11-26(12-18(17)7-19)21-25-24-20(4-1-15-8-22-14-23-9-15)27(21)10-16-5-6-29-13-16/h2-3,7-9,14,16,28H,1,4-6,10-13H2. The number of hydrogen-bond donors (Lipinski definition) is 1. The fourth-order valence-corrected chi connectivity index (χ4v) is 4.15. The van der Waals surface area contributed by atoms with Gasteiger partial charge in [0.25, 0.3) is 0 Å². The molecule has 2 aliphatic rings. The van der Waals surface area contributed by atoms with Gasteiger partial charge < -0.3 is 14.7 Å². The van der Waals surface area contributed by atoms with E-state index in [9.17, 15) is 5.11 Å². The van der Waals surface area contributed by atoms with Crippen LogP contribution in [0.25, 0.3) is 0 Å². The number of nitrogens with zero attached hydrogens (tertiary/aromatic N) is 6. The number of aromatic nitrogens is 5. The fourth-order valence-electron chi connectivity index (χ4n) is 4.15. The Labute approximate surface area is 169 Å². The number of hydrogen-bond acceptors (Lipinski definition) is 7. The van der Waals surface area contributed by atoms with Crippen LogP contribution in [0.4, 0.5) is 5.95 Å². The van der Waals surface area contributed by atoms with Gasteiger partial charge in [-0.2, -0.15) is 0 Å². The smallest absolute Gasteiger partial charge is 0.227 e. The van der Waals surface area contributed by atoms with Gasteiger partial charge in [-0.25, -0.2) is 9.97 Å². The largest absolute Gasteiger partial charge is 0.508 e. The van der Waals surface area contributed by atoms with Gasteiger partial charge in [0.1, 0.15) is 17.9 Å². The molecule has 5 rings (SSSR count). The van der Waals surface area contributed by atoms with E-state index < -0.39 is 0 Å². The highest BCUT2D eigenvalue weighted by Crippen LogP contribution is 2.31. The van der Waals surface area contributed by atoms with Crippen molar-refractivity contribution >= 4 is 5.95 Å². The van der Waals surface area contributed by atoms with Crippen molar-refractivity contribution in [3.05, 3.63) is 59.4 Å². The van der Waals surface area contributed by atoms with E-state index in [-0.39, 0.29) is 0 Å². The second-order valence-electron chi connectivity index (χ2n) is 7.81. The molecule has 1 unspecified atom stereocenters. The predicted molar refractivity (Wildman–Crippen MR) is 106 cm³/mol. The molecule has 1 aromatic carbocycles.